The second-order valence-electron chi connectivity index (χ2n) is 3.12. The van der Waals surface area contributed by atoms with E-state index in [0.29, 0.717) is 0 Å². The van der Waals surface area contributed by atoms with E-state index in [2.05, 4.69) is 38.7 Å². The highest BCUT2D eigenvalue weighted by molar-refractivity contribution is 5.23. The quantitative estimate of drug-likeness (QED) is 0.323. The molecular formula is C12H20. The van der Waals surface area contributed by atoms with Crippen LogP contribution in [0.1, 0.15) is 40.0 Å². The van der Waals surface area contributed by atoms with Gasteiger partial charge < -0.3 is 0 Å². The Balaban J connectivity index is 3.60. The molecule has 0 unspecified atom stereocenters. The summed E-state index contributed by atoms with van der Waals surface area (Å²) in [5.74, 6) is 0. The van der Waals surface area contributed by atoms with Crippen molar-refractivity contribution in [3.63, 3.8) is 0 Å². The molecule has 0 radical (unpaired) electrons. The van der Waals surface area contributed by atoms with Gasteiger partial charge in [0, 0.05) is 0 Å². The lowest BCUT2D eigenvalue weighted by Gasteiger charge is -1.96. The van der Waals surface area contributed by atoms with Gasteiger partial charge in [0.05, 0.1) is 0 Å². The number of hydrogen-bond acceptors (Lipinski definition) is 0. The van der Waals surface area contributed by atoms with Gasteiger partial charge in [-0.3, -0.25) is 0 Å². The molecule has 68 valence electrons. The van der Waals surface area contributed by atoms with Crippen molar-refractivity contribution in [1.82, 2.24) is 0 Å². The van der Waals surface area contributed by atoms with Crippen LogP contribution in [0.5, 0.6) is 0 Å². The van der Waals surface area contributed by atoms with Gasteiger partial charge in [0.15, 0.2) is 0 Å². The minimum Gasteiger partial charge on any atom is -0.0959 e. The summed E-state index contributed by atoms with van der Waals surface area (Å²) in [5, 5.41) is 0. The summed E-state index contributed by atoms with van der Waals surface area (Å²) in [6.45, 7) is 10.2. The molecule has 0 aromatic carbocycles. The Morgan fingerprint density at radius 2 is 1.83 bits per heavy atom. The fraction of sp³-hybridized carbons (Fsp3) is 0.500. The van der Waals surface area contributed by atoms with E-state index in [1.54, 1.807) is 0 Å². The van der Waals surface area contributed by atoms with Crippen LogP contribution in [-0.2, 0) is 0 Å². The maximum atomic E-state index is 3.88. The van der Waals surface area contributed by atoms with Crippen LogP contribution < -0.4 is 0 Å². The minimum atomic E-state index is 1.13. The highest BCUT2D eigenvalue weighted by atomic mass is 13.9. The topological polar surface area (TPSA) is 0 Å². The SMILES string of the molecule is C=C(C)C(C)=CCC/C=C\CC. The van der Waals surface area contributed by atoms with E-state index in [9.17, 15) is 0 Å². The molecule has 0 rings (SSSR count). The van der Waals surface area contributed by atoms with E-state index in [-0.39, 0.29) is 0 Å². The first-order valence-electron chi connectivity index (χ1n) is 4.66. The molecule has 0 spiro atoms. The van der Waals surface area contributed by atoms with Gasteiger partial charge in [-0.25, -0.2) is 0 Å². The monoisotopic (exact) mass is 164 g/mol. The molecule has 0 aromatic heterocycles. The van der Waals surface area contributed by atoms with E-state index in [0.717, 1.165) is 19.3 Å². The largest absolute Gasteiger partial charge is 0.0959 e. The lowest BCUT2D eigenvalue weighted by molar-refractivity contribution is 1.02. The molecule has 0 saturated carbocycles. The van der Waals surface area contributed by atoms with Gasteiger partial charge >= 0.3 is 0 Å². The summed E-state index contributed by atoms with van der Waals surface area (Å²) in [6.07, 6.45) is 10.1. The third kappa shape index (κ3) is 5.96. The van der Waals surface area contributed by atoms with Gasteiger partial charge in [-0.2, -0.15) is 0 Å². The van der Waals surface area contributed by atoms with E-state index in [1.807, 2.05) is 6.92 Å². The maximum Gasteiger partial charge on any atom is -0.0310 e. The first-order chi connectivity index (χ1) is 5.68. The first kappa shape index (κ1) is 11.2. The number of hydrogen-bond donors (Lipinski definition) is 0. The molecule has 0 aliphatic carbocycles. The highest BCUT2D eigenvalue weighted by Crippen LogP contribution is 2.07. The minimum absolute atomic E-state index is 1.13. The van der Waals surface area contributed by atoms with E-state index in [1.165, 1.54) is 11.1 Å². The lowest BCUT2D eigenvalue weighted by atomic mass is 10.1. The van der Waals surface area contributed by atoms with Crippen molar-refractivity contribution in [3.05, 3.63) is 36.0 Å². The van der Waals surface area contributed by atoms with Crippen molar-refractivity contribution in [2.75, 3.05) is 0 Å². The normalized spacial score (nSPS) is 12.4. The molecule has 0 amide bonds. The fourth-order valence-electron chi connectivity index (χ4n) is 0.855. The summed E-state index contributed by atoms with van der Waals surface area (Å²) in [7, 11) is 0. The van der Waals surface area contributed by atoms with Crippen molar-refractivity contribution in [2.45, 2.75) is 40.0 Å². The number of rotatable bonds is 5. The Hall–Kier alpha value is -0.780. The molecule has 0 aliphatic rings. The van der Waals surface area contributed by atoms with Crippen LogP contribution in [0.2, 0.25) is 0 Å². The van der Waals surface area contributed by atoms with Crippen LogP contribution in [0.3, 0.4) is 0 Å². The summed E-state index contributed by atoms with van der Waals surface area (Å²) >= 11 is 0. The molecule has 12 heavy (non-hydrogen) atoms. The third-order valence-electron chi connectivity index (χ3n) is 1.86. The lowest BCUT2D eigenvalue weighted by Crippen LogP contribution is -1.76. The average Bonchev–Trinajstić information content (AvgIpc) is 2.03. The zero-order chi connectivity index (χ0) is 9.40. The van der Waals surface area contributed by atoms with E-state index >= 15 is 0 Å². The molecule has 0 aromatic rings. The molecule has 0 saturated heterocycles. The molecule has 0 nitrogen and oxygen atoms in total. The van der Waals surface area contributed by atoms with Crippen molar-refractivity contribution in [3.8, 4) is 0 Å². The second-order valence-corrected chi connectivity index (χ2v) is 3.12. The molecular weight excluding hydrogens is 144 g/mol. The molecule has 0 fully saturated rings. The zero-order valence-corrected chi connectivity index (χ0v) is 8.56. The zero-order valence-electron chi connectivity index (χ0n) is 8.56. The molecule has 0 atom stereocenters. The Morgan fingerprint density at radius 3 is 2.33 bits per heavy atom. The molecule has 0 heterocycles. The van der Waals surface area contributed by atoms with Gasteiger partial charge in [-0.15, -0.1) is 0 Å². The summed E-state index contributed by atoms with van der Waals surface area (Å²) in [4.78, 5) is 0. The van der Waals surface area contributed by atoms with Crippen molar-refractivity contribution >= 4 is 0 Å². The van der Waals surface area contributed by atoms with Crippen LogP contribution in [0.15, 0.2) is 36.0 Å². The van der Waals surface area contributed by atoms with Crippen LogP contribution >= 0.6 is 0 Å². The molecule has 0 heteroatoms. The Bertz CT molecular complexity index is 182. The maximum absolute atomic E-state index is 3.88. The molecule has 0 bridgehead atoms. The molecule has 0 N–H and O–H groups in total. The first-order valence-corrected chi connectivity index (χ1v) is 4.66. The van der Waals surface area contributed by atoms with E-state index in [4.69, 9.17) is 0 Å². The summed E-state index contributed by atoms with van der Waals surface area (Å²) < 4.78 is 0. The van der Waals surface area contributed by atoms with Crippen molar-refractivity contribution in [2.24, 2.45) is 0 Å². The van der Waals surface area contributed by atoms with Crippen LogP contribution in [0.25, 0.3) is 0 Å². The smallest absolute Gasteiger partial charge is 0.0310 e. The number of unbranched alkanes of at least 4 members (excludes halogenated alkanes) is 1. The fourth-order valence-corrected chi connectivity index (χ4v) is 0.855. The summed E-state index contributed by atoms with van der Waals surface area (Å²) in [6, 6.07) is 0. The predicted molar refractivity (Wildman–Crippen MR) is 57.2 cm³/mol. The van der Waals surface area contributed by atoms with Crippen molar-refractivity contribution < 1.29 is 0 Å². The van der Waals surface area contributed by atoms with Crippen LogP contribution in [-0.4, -0.2) is 0 Å². The Labute approximate surface area is 76.7 Å². The number of allylic oxidation sites excluding steroid dienone is 5. The Morgan fingerprint density at radius 1 is 1.17 bits per heavy atom. The summed E-state index contributed by atoms with van der Waals surface area (Å²) in [5.41, 5.74) is 2.49. The van der Waals surface area contributed by atoms with E-state index < -0.39 is 0 Å². The molecule has 0 aliphatic heterocycles. The Kier molecular flexibility index (Phi) is 6.45. The van der Waals surface area contributed by atoms with Gasteiger partial charge in [-0.05, 0) is 33.1 Å². The van der Waals surface area contributed by atoms with Crippen molar-refractivity contribution in [1.29, 1.82) is 0 Å². The second kappa shape index (κ2) is 6.90. The van der Waals surface area contributed by atoms with Gasteiger partial charge in [0.25, 0.3) is 0 Å². The van der Waals surface area contributed by atoms with Gasteiger partial charge in [0.2, 0.25) is 0 Å². The predicted octanol–water partition coefficient (Wildman–Crippen LogP) is 4.26. The third-order valence-corrected chi connectivity index (χ3v) is 1.86. The average molecular weight is 164 g/mol. The van der Waals surface area contributed by atoms with Gasteiger partial charge in [-0.1, -0.05) is 42.9 Å². The van der Waals surface area contributed by atoms with Crippen LogP contribution in [0.4, 0.5) is 0 Å². The van der Waals surface area contributed by atoms with Crippen LogP contribution in [0, 0.1) is 0 Å². The van der Waals surface area contributed by atoms with Gasteiger partial charge in [0.1, 0.15) is 0 Å². The highest BCUT2D eigenvalue weighted by Gasteiger charge is 1.86. The standard InChI is InChI=1S/C12H20/c1-5-6-7-8-9-10-12(4)11(2)3/h6-7,10H,2,5,8-9H2,1,3-4H3/b7-6-,12-10?.